The number of hydrogen-bond acceptors (Lipinski definition) is 8. The molecule has 0 radical (unpaired) electrons. The molecule has 10 heteroatoms. The van der Waals surface area contributed by atoms with E-state index in [-0.39, 0.29) is 12.8 Å². The van der Waals surface area contributed by atoms with Crippen molar-refractivity contribution < 1.29 is 14.3 Å². The molecule has 1 fully saturated rings. The van der Waals surface area contributed by atoms with E-state index in [9.17, 15) is 4.79 Å². The minimum Gasteiger partial charge on any atom is -0.454 e. The topological polar surface area (TPSA) is 105 Å². The first kappa shape index (κ1) is 18.9. The summed E-state index contributed by atoms with van der Waals surface area (Å²) in [4.78, 5) is 20.7. The molecule has 10 nitrogen and oxygen atoms in total. The predicted octanol–water partition coefficient (Wildman–Crippen LogP) is 2.70. The molecule has 5 rings (SSSR count). The van der Waals surface area contributed by atoms with Crippen LogP contribution in [0, 0.1) is 0 Å². The van der Waals surface area contributed by atoms with Crippen LogP contribution in [-0.2, 0) is 0 Å². The van der Waals surface area contributed by atoms with Crippen LogP contribution in [0.5, 0.6) is 11.5 Å². The number of fused-ring (bicyclic) bond motifs is 1. The zero-order valence-electron chi connectivity index (χ0n) is 16.7. The number of benzene rings is 1. The van der Waals surface area contributed by atoms with Gasteiger partial charge in [-0.05, 0) is 36.4 Å². The molecule has 0 spiro atoms. The van der Waals surface area contributed by atoms with Gasteiger partial charge < -0.3 is 29.9 Å². The molecule has 4 heterocycles. The highest BCUT2D eigenvalue weighted by Gasteiger charge is 2.23. The highest BCUT2D eigenvalue weighted by Crippen LogP contribution is 2.34. The van der Waals surface area contributed by atoms with E-state index in [0.717, 1.165) is 5.82 Å². The van der Waals surface area contributed by atoms with Crippen LogP contribution in [0.4, 0.5) is 27.9 Å². The molecule has 2 aliphatic heterocycles. The number of nitrogens with one attached hydrogen (secondary N) is 2. The van der Waals surface area contributed by atoms with Crippen LogP contribution in [0.1, 0.15) is 0 Å². The summed E-state index contributed by atoms with van der Waals surface area (Å²) in [5.74, 6) is 3.45. The van der Waals surface area contributed by atoms with Crippen molar-refractivity contribution in [2.45, 2.75) is 0 Å². The van der Waals surface area contributed by atoms with Crippen LogP contribution in [0.2, 0.25) is 0 Å². The molecular weight excluding hydrogens is 398 g/mol. The average molecular weight is 419 g/mol. The molecule has 31 heavy (non-hydrogen) atoms. The van der Waals surface area contributed by atoms with Crippen molar-refractivity contribution >= 4 is 29.2 Å². The van der Waals surface area contributed by atoms with Crippen LogP contribution in [-0.4, -0.2) is 59.1 Å². The summed E-state index contributed by atoms with van der Waals surface area (Å²) in [6, 6.07) is 14.6. The van der Waals surface area contributed by atoms with Gasteiger partial charge in [-0.3, -0.25) is 0 Å². The van der Waals surface area contributed by atoms with E-state index in [2.05, 4.69) is 30.7 Å². The number of carbonyl (C=O) groups is 1. The van der Waals surface area contributed by atoms with Crippen molar-refractivity contribution in [3.63, 3.8) is 0 Å². The maximum atomic E-state index is 12.6. The summed E-state index contributed by atoms with van der Waals surface area (Å²) >= 11 is 0. The van der Waals surface area contributed by atoms with Gasteiger partial charge in [0, 0.05) is 44.1 Å². The lowest BCUT2D eigenvalue weighted by molar-refractivity contribution is 0.174. The van der Waals surface area contributed by atoms with Gasteiger partial charge in [0.05, 0.1) is 0 Å². The van der Waals surface area contributed by atoms with Gasteiger partial charge in [-0.1, -0.05) is 6.07 Å². The number of aromatic nitrogens is 3. The summed E-state index contributed by atoms with van der Waals surface area (Å²) < 4.78 is 10.7. The Morgan fingerprint density at radius 2 is 1.77 bits per heavy atom. The van der Waals surface area contributed by atoms with Gasteiger partial charge in [-0.2, -0.15) is 0 Å². The number of ether oxygens (including phenoxy) is 2. The molecule has 0 saturated carbocycles. The quantitative estimate of drug-likeness (QED) is 0.665. The standard InChI is InChI=1S/C21H21N7O3/c29-21(23-15-4-5-16-17(13-15)31-14-30-16)28-11-9-27(10-12-28)20-7-6-19(25-26-20)24-18-3-1-2-8-22-18/h1-8,13H,9-12,14H2,(H,23,29)(H,22,24,25). The van der Waals surface area contributed by atoms with E-state index in [1.807, 2.05) is 30.3 Å². The third-order valence-corrected chi connectivity index (χ3v) is 5.09. The largest absolute Gasteiger partial charge is 0.454 e. The van der Waals surface area contributed by atoms with Crippen molar-refractivity contribution in [2.24, 2.45) is 0 Å². The van der Waals surface area contributed by atoms with Gasteiger partial charge in [-0.15, -0.1) is 10.2 Å². The number of amides is 2. The summed E-state index contributed by atoms with van der Waals surface area (Å²) in [6.07, 6.45) is 1.71. The lowest BCUT2D eigenvalue weighted by Gasteiger charge is -2.35. The van der Waals surface area contributed by atoms with E-state index in [1.54, 1.807) is 29.3 Å². The van der Waals surface area contributed by atoms with Crippen LogP contribution in [0.25, 0.3) is 0 Å². The number of anilines is 4. The van der Waals surface area contributed by atoms with Crippen LogP contribution in [0.15, 0.2) is 54.7 Å². The minimum atomic E-state index is -0.139. The molecule has 0 aliphatic carbocycles. The Kier molecular flexibility index (Phi) is 5.09. The van der Waals surface area contributed by atoms with E-state index in [4.69, 9.17) is 9.47 Å². The molecule has 0 atom stereocenters. The first-order chi connectivity index (χ1) is 15.2. The Bertz CT molecular complexity index is 1050. The molecule has 1 aromatic carbocycles. The van der Waals surface area contributed by atoms with Gasteiger partial charge in [0.25, 0.3) is 0 Å². The zero-order valence-corrected chi connectivity index (χ0v) is 16.7. The zero-order chi connectivity index (χ0) is 21.0. The van der Waals surface area contributed by atoms with Crippen molar-refractivity contribution in [1.29, 1.82) is 0 Å². The summed E-state index contributed by atoms with van der Waals surface area (Å²) in [7, 11) is 0. The van der Waals surface area contributed by atoms with Gasteiger partial charge in [0.1, 0.15) is 5.82 Å². The molecule has 3 aromatic rings. The summed E-state index contributed by atoms with van der Waals surface area (Å²) in [6.45, 7) is 2.74. The number of nitrogens with zero attached hydrogens (tertiary/aromatic N) is 5. The first-order valence-electron chi connectivity index (χ1n) is 9.97. The maximum absolute atomic E-state index is 12.6. The SMILES string of the molecule is O=C(Nc1ccc2c(c1)OCO2)N1CCN(c2ccc(Nc3ccccn3)nn2)CC1. The second-order valence-electron chi connectivity index (χ2n) is 7.09. The van der Waals surface area contributed by atoms with Gasteiger partial charge in [0.2, 0.25) is 6.79 Å². The Morgan fingerprint density at radius 1 is 0.903 bits per heavy atom. The van der Waals surface area contributed by atoms with Crippen molar-refractivity contribution in [3.8, 4) is 11.5 Å². The fraction of sp³-hybridized carbons (Fsp3) is 0.238. The number of urea groups is 1. The van der Waals surface area contributed by atoms with Gasteiger partial charge in [-0.25, -0.2) is 9.78 Å². The number of carbonyl (C=O) groups excluding carboxylic acids is 1. The highest BCUT2D eigenvalue weighted by molar-refractivity contribution is 5.90. The smallest absolute Gasteiger partial charge is 0.321 e. The van der Waals surface area contributed by atoms with Gasteiger partial charge in [0.15, 0.2) is 23.1 Å². The van der Waals surface area contributed by atoms with Crippen molar-refractivity contribution in [3.05, 3.63) is 54.7 Å². The van der Waals surface area contributed by atoms with E-state index in [1.165, 1.54) is 0 Å². The van der Waals surface area contributed by atoms with E-state index >= 15 is 0 Å². The van der Waals surface area contributed by atoms with Crippen LogP contribution in [0.3, 0.4) is 0 Å². The first-order valence-corrected chi connectivity index (χ1v) is 9.97. The van der Waals surface area contributed by atoms with Gasteiger partial charge >= 0.3 is 6.03 Å². The lowest BCUT2D eigenvalue weighted by Crippen LogP contribution is -2.50. The summed E-state index contributed by atoms with van der Waals surface area (Å²) in [5, 5.41) is 14.6. The highest BCUT2D eigenvalue weighted by atomic mass is 16.7. The minimum absolute atomic E-state index is 0.139. The molecule has 0 unspecified atom stereocenters. The lowest BCUT2D eigenvalue weighted by atomic mass is 10.2. The predicted molar refractivity (Wildman–Crippen MR) is 115 cm³/mol. The Balaban J connectivity index is 1.14. The molecule has 0 bridgehead atoms. The van der Waals surface area contributed by atoms with E-state index in [0.29, 0.717) is 55.0 Å². The maximum Gasteiger partial charge on any atom is 0.321 e. The second-order valence-corrected chi connectivity index (χ2v) is 7.09. The Hall–Kier alpha value is -4.08. The number of rotatable bonds is 4. The number of piperazine rings is 1. The number of pyridine rings is 1. The monoisotopic (exact) mass is 419 g/mol. The Labute approximate surface area is 178 Å². The fourth-order valence-corrected chi connectivity index (χ4v) is 3.44. The number of hydrogen-bond donors (Lipinski definition) is 2. The summed E-state index contributed by atoms with van der Waals surface area (Å²) in [5.41, 5.74) is 0.679. The van der Waals surface area contributed by atoms with Crippen molar-refractivity contribution in [1.82, 2.24) is 20.1 Å². The van der Waals surface area contributed by atoms with Crippen LogP contribution >= 0.6 is 0 Å². The molecule has 2 N–H and O–H groups in total. The Morgan fingerprint density at radius 3 is 2.55 bits per heavy atom. The second kappa shape index (κ2) is 8.34. The molecule has 2 amide bonds. The van der Waals surface area contributed by atoms with Crippen molar-refractivity contribution in [2.75, 3.05) is 48.5 Å². The third-order valence-electron chi connectivity index (χ3n) is 5.09. The average Bonchev–Trinajstić information content (AvgIpc) is 3.28. The molecular formula is C21H21N7O3. The third kappa shape index (κ3) is 4.27. The van der Waals surface area contributed by atoms with E-state index < -0.39 is 0 Å². The molecule has 2 aromatic heterocycles. The molecule has 158 valence electrons. The fourth-order valence-electron chi connectivity index (χ4n) is 3.44. The molecule has 2 aliphatic rings. The van der Waals surface area contributed by atoms with Crippen LogP contribution < -0.4 is 25.0 Å². The molecule has 1 saturated heterocycles. The normalized spacial score (nSPS) is 15.0.